The summed E-state index contributed by atoms with van der Waals surface area (Å²) in [6, 6.07) is 6.16. The molecule has 2 aromatic rings. The average Bonchev–Trinajstić information content (AvgIpc) is 2.42. The third-order valence-corrected chi connectivity index (χ3v) is 3.00. The maximum atomic E-state index is 11.8. The molecule has 7 heteroatoms. The van der Waals surface area contributed by atoms with Crippen LogP contribution in [0, 0.1) is 0 Å². The number of aromatic nitrogens is 1. The minimum absolute atomic E-state index is 0.0246. The van der Waals surface area contributed by atoms with Crippen LogP contribution in [0.15, 0.2) is 46.2 Å². The first kappa shape index (κ1) is 14.5. The van der Waals surface area contributed by atoms with Crippen LogP contribution in [0.2, 0.25) is 5.02 Å². The van der Waals surface area contributed by atoms with Gasteiger partial charge in [-0.2, -0.15) is 5.10 Å². The molecule has 0 unspecified atom stereocenters. The normalized spacial score (nSPS) is 10.7. The van der Waals surface area contributed by atoms with Crippen molar-refractivity contribution in [2.24, 2.45) is 5.10 Å². The Morgan fingerprint density at radius 1 is 1.40 bits per heavy atom. The third kappa shape index (κ3) is 3.79. The highest BCUT2D eigenvalue weighted by molar-refractivity contribution is 9.10. The van der Waals surface area contributed by atoms with E-state index in [1.165, 1.54) is 24.5 Å². The Morgan fingerprint density at radius 3 is 2.95 bits per heavy atom. The molecule has 0 aliphatic heterocycles. The third-order valence-electron chi connectivity index (χ3n) is 2.33. The van der Waals surface area contributed by atoms with Crippen molar-refractivity contribution in [1.82, 2.24) is 10.4 Å². The molecule has 0 fully saturated rings. The molecule has 1 aromatic heterocycles. The lowest BCUT2D eigenvalue weighted by Gasteiger charge is -2.01. The second kappa shape index (κ2) is 6.49. The molecule has 0 bridgehead atoms. The van der Waals surface area contributed by atoms with Gasteiger partial charge < -0.3 is 5.11 Å². The first-order valence-corrected chi connectivity index (χ1v) is 6.66. The number of nitrogens with one attached hydrogen (secondary N) is 1. The number of carbonyl (C=O) groups excluding carboxylic acids is 1. The SMILES string of the molecule is O=C(N/N=C/c1cc(Cl)ccc1O)c1cncc(Br)c1. The fraction of sp³-hybridized carbons (Fsp3) is 0. The van der Waals surface area contributed by atoms with Crippen LogP contribution in [0.25, 0.3) is 0 Å². The van der Waals surface area contributed by atoms with Crippen LogP contribution in [0.5, 0.6) is 5.75 Å². The second-order valence-electron chi connectivity index (χ2n) is 3.79. The molecule has 2 rings (SSSR count). The zero-order valence-corrected chi connectivity index (χ0v) is 12.4. The molecule has 0 aliphatic rings. The number of halogens is 2. The Kier molecular flexibility index (Phi) is 4.70. The van der Waals surface area contributed by atoms with E-state index >= 15 is 0 Å². The molecule has 1 aromatic carbocycles. The van der Waals surface area contributed by atoms with Crippen molar-refractivity contribution in [3.8, 4) is 5.75 Å². The lowest BCUT2D eigenvalue weighted by molar-refractivity contribution is 0.0954. The fourth-order valence-corrected chi connectivity index (χ4v) is 1.94. The predicted octanol–water partition coefficient (Wildman–Crippen LogP) is 2.97. The maximum Gasteiger partial charge on any atom is 0.272 e. The van der Waals surface area contributed by atoms with Crippen molar-refractivity contribution < 1.29 is 9.90 Å². The monoisotopic (exact) mass is 353 g/mol. The van der Waals surface area contributed by atoms with Gasteiger partial charge in [0.2, 0.25) is 0 Å². The van der Waals surface area contributed by atoms with E-state index in [0.29, 0.717) is 20.6 Å². The number of benzene rings is 1. The van der Waals surface area contributed by atoms with E-state index in [1.807, 2.05) is 0 Å². The van der Waals surface area contributed by atoms with Crippen LogP contribution in [-0.4, -0.2) is 22.2 Å². The number of pyridine rings is 1. The molecule has 102 valence electrons. The number of aromatic hydroxyl groups is 1. The minimum Gasteiger partial charge on any atom is -0.507 e. The van der Waals surface area contributed by atoms with Crippen LogP contribution < -0.4 is 5.43 Å². The van der Waals surface area contributed by atoms with Gasteiger partial charge in [0, 0.05) is 27.5 Å². The molecular weight excluding hydrogens is 346 g/mol. The molecule has 1 amide bonds. The number of phenolic OH excluding ortho intramolecular Hbond substituents is 1. The predicted molar refractivity (Wildman–Crippen MR) is 80.1 cm³/mol. The van der Waals surface area contributed by atoms with Gasteiger partial charge in [0.05, 0.1) is 11.8 Å². The van der Waals surface area contributed by atoms with E-state index in [-0.39, 0.29) is 5.75 Å². The van der Waals surface area contributed by atoms with Crippen LogP contribution in [0.4, 0.5) is 0 Å². The second-order valence-corrected chi connectivity index (χ2v) is 5.15. The Hall–Kier alpha value is -1.92. The lowest BCUT2D eigenvalue weighted by Crippen LogP contribution is -2.17. The highest BCUT2D eigenvalue weighted by Crippen LogP contribution is 2.19. The summed E-state index contributed by atoms with van der Waals surface area (Å²) in [7, 11) is 0. The number of amides is 1. The quantitative estimate of drug-likeness (QED) is 0.657. The van der Waals surface area contributed by atoms with Crippen molar-refractivity contribution in [3.63, 3.8) is 0 Å². The first-order chi connectivity index (χ1) is 9.56. The first-order valence-electron chi connectivity index (χ1n) is 5.49. The number of rotatable bonds is 3. The molecule has 0 saturated heterocycles. The molecule has 0 spiro atoms. The summed E-state index contributed by atoms with van der Waals surface area (Å²) in [6.07, 6.45) is 4.31. The molecule has 1 heterocycles. The Bertz CT molecular complexity index is 676. The van der Waals surface area contributed by atoms with E-state index in [1.54, 1.807) is 18.3 Å². The zero-order valence-electron chi connectivity index (χ0n) is 10.0. The van der Waals surface area contributed by atoms with E-state index in [2.05, 4.69) is 31.4 Å². The number of carbonyl (C=O) groups is 1. The molecule has 0 aliphatic carbocycles. The molecule has 0 radical (unpaired) electrons. The van der Waals surface area contributed by atoms with E-state index < -0.39 is 5.91 Å². The maximum absolute atomic E-state index is 11.8. The van der Waals surface area contributed by atoms with Crippen molar-refractivity contribution in [3.05, 3.63) is 57.3 Å². The van der Waals surface area contributed by atoms with Crippen LogP contribution in [0.1, 0.15) is 15.9 Å². The number of hydrogen-bond acceptors (Lipinski definition) is 4. The van der Waals surface area contributed by atoms with Gasteiger partial charge in [-0.3, -0.25) is 9.78 Å². The smallest absolute Gasteiger partial charge is 0.272 e. The van der Waals surface area contributed by atoms with Crippen molar-refractivity contribution >= 4 is 39.7 Å². The molecule has 0 atom stereocenters. The highest BCUT2D eigenvalue weighted by atomic mass is 79.9. The Morgan fingerprint density at radius 2 is 2.20 bits per heavy atom. The highest BCUT2D eigenvalue weighted by Gasteiger charge is 2.05. The topological polar surface area (TPSA) is 74.6 Å². The van der Waals surface area contributed by atoms with Gasteiger partial charge in [-0.25, -0.2) is 5.43 Å². The standard InChI is InChI=1S/C13H9BrClN3O2/c14-10-3-9(5-16-7-10)13(20)18-17-6-8-4-11(15)1-2-12(8)19/h1-7,19H,(H,18,20)/b17-6+. The van der Waals surface area contributed by atoms with Crippen molar-refractivity contribution in [2.45, 2.75) is 0 Å². The van der Waals surface area contributed by atoms with Gasteiger partial charge in [-0.1, -0.05) is 11.6 Å². The summed E-state index contributed by atoms with van der Waals surface area (Å²) in [6.45, 7) is 0. The lowest BCUT2D eigenvalue weighted by atomic mass is 10.2. The van der Waals surface area contributed by atoms with E-state index in [4.69, 9.17) is 11.6 Å². The largest absolute Gasteiger partial charge is 0.507 e. The molecule has 0 saturated carbocycles. The molecule has 5 nitrogen and oxygen atoms in total. The van der Waals surface area contributed by atoms with E-state index in [0.717, 1.165) is 0 Å². The number of hydrogen-bond donors (Lipinski definition) is 2. The van der Waals surface area contributed by atoms with Gasteiger partial charge >= 0.3 is 0 Å². The van der Waals surface area contributed by atoms with Gasteiger partial charge in [-0.15, -0.1) is 0 Å². The molecule has 20 heavy (non-hydrogen) atoms. The summed E-state index contributed by atoms with van der Waals surface area (Å²) in [5.41, 5.74) is 3.11. The van der Waals surface area contributed by atoms with Gasteiger partial charge in [0.15, 0.2) is 0 Å². The molecule has 2 N–H and O–H groups in total. The summed E-state index contributed by atoms with van der Waals surface area (Å²) < 4.78 is 0.696. The minimum atomic E-state index is -0.406. The summed E-state index contributed by atoms with van der Waals surface area (Å²) >= 11 is 9.02. The van der Waals surface area contributed by atoms with Crippen LogP contribution in [0.3, 0.4) is 0 Å². The molecular formula is C13H9BrClN3O2. The van der Waals surface area contributed by atoms with Crippen LogP contribution in [-0.2, 0) is 0 Å². The summed E-state index contributed by atoms with van der Waals surface area (Å²) in [5, 5.41) is 13.8. The summed E-state index contributed by atoms with van der Waals surface area (Å²) in [4.78, 5) is 15.6. The number of phenols is 1. The van der Waals surface area contributed by atoms with Gasteiger partial charge in [0.1, 0.15) is 5.75 Å². The number of hydrazone groups is 1. The van der Waals surface area contributed by atoms with Crippen molar-refractivity contribution in [1.29, 1.82) is 0 Å². The van der Waals surface area contributed by atoms with Crippen LogP contribution >= 0.6 is 27.5 Å². The zero-order chi connectivity index (χ0) is 14.5. The Labute approximate surface area is 128 Å². The fourth-order valence-electron chi connectivity index (χ4n) is 1.39. The number of nitrogens with zero attached hydrogens (tertiary/aromatic N) is 2. The Balaban J connectivity index is 2.06. The van der Waals surface area contributed by atoms with E-state index in [9.17, 15) is 9.90 Å². The van der Waals surface area contributed by atoms with Crippen molar-refractivity contribution in [2.75, 3.05) is 0 Å². The van der Waals surface area contributed by atoms with Gasteiger partial charge in [-0.05, 0) is 40.2 Å². The van der Waals surface area contributed by atoms with Gasteiger partial charge in [0.25, 0.3) is 5.91 Å². The average molecular weight is 355 g/mol. The summed E-state index contributed by atoms with van der Waals surface area (Å²) in [5.74, 6) is -0.381.